The standard InChI is InChI=1S/C21H34O4/c1-3-20(25-19(2)22)15-11-9-7-5-4-6-8-10-13-17-23-21-16-12-14-18-24-21/h3,20-21H,1,4-10,12-14,16-18H2,2H3. The third-order valence-electron chi connectivity index (χ3n) is 4.14. The largest absolute Gasteiger partial charge is 0.445 e. The van der Waals surface area contributed by atoms with Crippen molar-refractivity contribution >= 4 is 5.97 Å². The summed E-state index contributed by atoms with van der Waals surface area (Å²) in [6.45, 7) is 6.68. The van der Waals surface area contributed by atoms with Gasteiger partial charge in [-0.3, -0.25) is 4.79 Å². The van der Waals surface area contributed by atoms with Gasteiger partial charge in [0.1, 0.15) is 0 Å². The van der Waals surface area contributed by atoms with Crippen LogP contribution in [-0.2, 0) is 19.0 Å². The van der Waals surface area contributed by atoms with Crippen LogP contribution >= 0.6 is 0 Å². The van der Waals surface area contributed by atoms with Crippen LogP contribution in [0.1, 0.15) is 77.6 Å². The predicted octanol–water partition coefficient (Wildman–Crippen LogP) is 4.77. The molecular weight excluding hydrogens is 316 g/mol. The summed E-state index contributed by atoms with van der Waals surface area (Å²) < 4.78 is 16.3. The molecule has 0 radical (unpaired) electrons. The van der Waals surface area contributed by atoms with E-state index in [1.807, 2.05) is 0 Å². The van der Waals surface area contributed by atoms with Gasteiger partial charge in [0, 0.05) is 26.6 Å². The summed E-state index contributed by atoms with van der Waals surface area (Å²) in [5.41, 5.74) is 0. The summed E-state index contributed by atoms with van der Waals surface area (Å²) in [5, 5.41) is 0. The van der Waals surface area contributed by atoms with Crippen LogP contribution in [0, 0.1) is 11.8 Å². The maximum Gasteiger partial charge on any atom is 0.304 e. The minimum atomic E-state index is -0.473. The molecular formula is C21H34O4. The number of hydrogen-bond donors (Lipinski definition) is 0. The number of ether oxygens (including phenoxy) is 3. The van der Waals surface area contributed by atoms with Crippen molar-refractivity contribution in [2.24, 2.45) is 0 Å². The first-order valence-electron chi connectivity index (χ1n) is 9.73. The Bertz CT molecular complexity index is 415. The molecule has 1 rings (SSSR count). The fraction of sp³-hybridized carbons (Fsp3) is 0.762. The summed E-state index contributed by atoms with van der Waals surface area (Å²) >= 11 is 0. The lowest BCUT2D eigenvalue weighted by atomic mass is 10.1. The van der Waals surface area contributed by atoms with Crippen molar-refractivity contribution in [2.45, 2.75) is 89.9 Å². The van der Waals surface area contributed by atoms with Crippen LogP contribution < -0.4 is 0 Å². The van der Waals surface area contributed by atoms with Crippen LogP contribution in [0.2, 0.25) is 0 Å². The molecule has 142 valence electrons. The van der Waals surface area contributed by atoms with Gasteiger partial charge in [-0.25, -0.2) is 0 Å². The van der Waals surface area contributed by atoms with Gasteiger partial charge in [0.15, 0.2) is 12.4 Å². The van der Waals surface area contributed by atoms with E-state index in [0.29, 0.717) is 0 Å². The Balaban J connectivity index is 1.85. The van der Waals surface area contributed by atoms with Gasteiger partial charge < -0.3 is 14.2 Å². The molecule has 1 saturated heterocycles. The number of esters is 1. The third kappa shape index (κ3) is 12.7. The Hall–Kier alpha value is -1.31. The number of unbranched alkanes of at least 4 members (excludes halogenated alkanes) is 7. The highest BCUT2D eigenvalue weighted by Crippen LogP contribution is 2.14. The Labute approximate surface area is 153 Å². The lowest BCUT2D eigenvalue weighted by Crippen LogP contribution is -2.22. The molecule has 4 heteroatoms. The summed E-state index contributed by atoms with van der Waals surface area (Å²) in [5.74, 6) is 5.66. The number of carbonyl (C=O) groups excluding carboxylic acids is 1. The zero-order chi connectivity index (χ0) is 18.2. The molecule has 0 aliphatic carbocycles. The van der Waals surface area contributed by atoms with Gasteiger partial charge in [0.05, 0.1) is 0 Å². The van der Waals surface area contributed by atoms with E-state index in [9.17, 15) is 4.79 Å². The molecule has 2 unspecified atom stereocenters. The molecule has 4 nitrogen and oxygen atoms in total. The molecule has 0 spiro atoms. The fourth-order valence-electron chi connectivity index (χ4n) is 2.74. The average Bonchev–Trinajstić information content (AvgIpc) is 2.62. The summed E-state index contributed by atoms with van der Waals surface area (Å²) in [4.78, 5) is 10.8. The van der Waals surface area contributed by atoms with Crippen LogP contribution in [0.25, 0.3) is 0 Å². The van der Waals surface area contributed by atoms with E-state index in [1.54, 1.807) is 6.08 Å². The minimum absolute atomic E-state index is 0.0522. The third-order valence-corrected chi connectivity index (χ3v) is 4.14. The second-order valence-corrected chi connectivity index (χ2v) is 6.48. The van der Waals surface area contributed by atoms with Gasteiger partial charge in [-0.05, 0) is 38.2 Å². The molecule has 0 aromatic heterocycles. The molecule has 25 heavy (non-hydrogen) atoms. The molecule has 1 aliphatic heterocycles. The van der Waals surface area contributed by atoms with Gasteiger partial charge >= 0.3 is 5.97 Å². The highest BCUT2D eigenvalue weighted by molar-refractivity contribution is 5.66. The number of carbonyl (C=O) groups is 1. The van der Waals surface area contributed by atoms with E-state index in [2.05, 4.69) is 18.4 Å². The van der Waals surface area contributed by atoms with Crippen LogP contribution in [0.4, 0.5) is 0 Å². The lowest BCUT2D eigenvalue weighted by Gasteiger charge is -2.22. The maximum absolute atomic E-state index is 10.8. The smallest absolute Gasteiger partial charge is 0.304 e. The van der Waals surface area contributed by atoms with Crippen LogP contribution in [0.5, 0.6) is 0 Å². The summed E-state index contributed by atoms with van der Waals surface area (Å²) in [7, 11) is 0. The van der Waals surface area contributed by atoms with Gasteiger partial charge in [0.25, 0.3) is 0 Å². The van der Waals surface area contributed by atoms with Gasteiger partial charge in [-0.2, -0.15) is 0 Å². The van der Waals surface area contributed by atoms with E-state index in [4.69, 9.17) is 14.2 Å². The normalized spacial score (nSPS) is 18.0. The summed E-state index contributed by atoms with van der Waals surface area (Å²) in [6, 6.07) is 0. The van der Waals surface area contributed by atoms with Crippen LogP contribution in [0.3, 0.4) is 0 Å². The molecule has 0 amide bonds. The number of hydrogen-bond acceptors (Lipinski definition) is 4. The second-order valence-electron chi connectivity index (χ2n) is 6.48. The van der Waals surface area contributed by atoms with Crippen molar-refractivity contribution in [3.8, 4) is 11.8 Å². The first kappa shape index (κ1) is 21.7. The van der Waals surface area contributed by atoms with Crippen molar-refractivity contribution in [3.05, 3.63) is 12.7 Å². The monoisotopic (exact) mass is 350 g/mol. The topological polar surface area (TPSA) is 44.8 Å². The zero-order valence-electron chi connectivity index (χ0n) is 15.8. The van der Waals surface area contributed by atoms with E-state index in [-0.39, 0.29) is 12.3 Å². The van der Waals surface area contributed by atoms with E-state index in [1.165, 1.54) is 51.9 Å². The molecule has 0 N–H and O–H groups in total. The zero-order valence-corrected chi connectivity index (χ0v) is 15.8. The second kappa shape index (κ2) is 15.0. The van der Waals surface area contributed by atoms with Crippen molar-refractivity contribution < 1.29 is 19.0 Å². The van der Waals surface area contributed by atoms with Gasteiger partial charge in [-0.15, -0.1) is 0 Å². The molecule has 2 atom stereocenters. The van der Waals surface area contributed by atoms with Crippen LogP contribution in [0.15, 0.2) is 12.7 Å². The van der Waals surface area contributed by atoms with Crippen molar-refractivity contribution in [1.82, 2.24) is 0 Å². The average molecular weight is 350 g/mol. The molecule has 0 bridgehead atoms. The predicted molar refractivity (Wildman–Crippen MR) is 100 cm³/mol. The summed E-state index contributed by atoms with van der Waals surface area (Å²) in [6.07, 6.45) is 13.9. The molecule has 0 aromatic carbocycles. The fourth-order valence-corrected chi connectivity index (χ4v) is 2.74. The van der Waals surface area contributed by atoms with Crippen molar-refractivity contribution in [2.75, 3.05) is 13.2 Å². The number of rotatable bonds is 12. The maximum atomic E-state index is 10.8. The Morgan fingerprint density at radius 1 is 1.20 bits per heavy atom. The molecule has 1 fully saturated rings. The van der Waals surface area contributed by atoms with Crippen LogP contribution in [-0.4, -0.2) is 31.6 Å². The Kier molecular flexibility index (Phi) is 13.0. The molecule has 1 aliphatic rings. The van der Waals surface area contributed by atoms with E-state index in [0.717, 1.165) is 38.9 Å². The highest BCUT2D eigenvalue weighted by Gasteiger charge is 2.13. The first-order valence-corrected chi connectivity index (χ1v) is 9.73. The Morgan fingerprint density at radius 3 is 2.56 bits per heavy atom. The molecule has 1 heterocycles. The van der Waals surface area contributed by atoms with Gasteiger partial charge in [0.2, 0.25) is 0 Å². The molecule has 0 saturated carbocycles. The lowest BCUT2D eigenvalue weighted by molar-refractivity contribution is -0.162. The minimum Gasteiger partial charge on any atom is -0.445 e. The molecule has 0 aromatic rings. The van der Waals surface area contributed by atoms with Gasteiger partial charge in [-0.1, -0.05) is 50.5 Å². The SMILES string of the molecule is C=CC(C#CCCCCCCCCCOC1CCCCO1)OC(C)=O. The van der Waals surface area contributed by atoms with Crippen molar-refractivity contribution in [1.29, 1.82) is 0 Å². The van der Waals surface area contributed by atoms with Crippen molar-refractivity contribution in [3.63, 3.8) is 0 Å². The van der Waals surface area contributed by atoms with E-state index >= 15 is 0 Å². The first-order chi connectivity index (χ1) is 12.2. The quantitative estimate of drug-likeness (QED) is 0.220. The van der Waals surface area contributed by atoms with E-state index < -0.39 is 6.10 Å². The highest BCUT2D eigenvalue weighted by atomic mass is 16.7. The Morgan fingerprint density at radius 2 is 1.92 bits per heavy atom.